The van der Waals surface area contributed by atoms with E-state index in [4.69, 9.17) is 5.11 Å². The molecule has 0 spiro atoms. The second-order valence-electron chi connectivity index (χ2n) is 5.85. The molecule has 0 radical (unpaired) electrons. The molecule has 0 bridgehead atoms. The monoisotopic (exact) mass is 347 g/mol. The summed E-state index contributed by atoms with van der Waals surface area (Å²) in [6.07, 6.45) is 0. The Bertz CT molecular complexity index is 803. The van der Waals surface area contributed by atoms with Crippen LogP contribution in [0, 0.1) is 0 Å². The average Bonchev–Trinajstić information content (AvgIpc) is 2.55. The Morgan fingerprint density at radius 1 is 1.12 bits per heavy atom. The minimum atomic E-state index is -3.52. The molecule has 2 rings (SSSR count). The number of nitrogens with zero attached hydrogens (tertiary/aromatic N) is 1. The predicted octanol–water partition coefficient (Wildman–Crippen LogP) is 2.95. The Labute approximate surface area is 142 Å². The quantitative estimate of drug-likeness (QED) is 0.835. The summed E-state index contributed by atoms with van der Waals surface area (Å²) in [5, 5.41) is 9.00. The van der Waals surface area contributed by atoms with Gasteiger partial charge in [-0.1, -0.05) is 49.4 Å². The zero-order chi connectivity index (χ0) is 17.7. The number of benzene rings is 2. The van der Waals surface area contributed by atoms with Gasteiger partial charge in [0.15, 0.2) is 0 Å². The molecule has 0 saturated carbocycles. The van der Waals surface area contributed by atoms with Crippen molar-refractivity contribution in [2.75, 3.05) is 13.6 Å². The van der Waals surface area contributed by atoms with E-state index in [9.17, 15) is 13.2 Å². The molecule has 128 valence electrons. The standard InChI is InChI=1S/C18H21NO4S/c1-14(16-8-4-3-5-9-16)12-19(2)24(22,23)13-15-7-6-10-17(11-15)18(20)21/h3-11,14H,12-13H2,1-2H3,(H,20,21). The Morgan fingerprint density at radius 3 is 2.42 bits per heavy atom. The van der Waals surface area contributed by atoms with E-state index in [-0.39, 0.29) is 17.2 Å². The van der Waals surface area contributed by atoms with Gasteiger partial charge in [0.2, 0.25) is 10.0 Å². The first kappa shape index (κ1) is 18.2. The third-order valence-corrected chi connectivity index (χ3v) is 5.69. The van der Waals surface area contributed by atoms with Crippen molar-refractivity contribution >= 4 is 16.0 Å². The maximum Gasteiger partial charge on any atom is 0.335 e. The zero-order valence-corrected chi connectivity index (χ0v) is 14.5. The summed E-state index contributed by atoms with van der Waals surface area (Å²) < 4.78 is 26.4. The molecule has 0 aliphatic rings. The van der Waals surface area contributed by atoms with E-state index in [0.29, 0.717) is 12.1 Å². The molecule has 0 aromatic heterocycles. The van der Waals surface area contributed by atoms with Crippen molar-refractivity contribution in [3.05, 3.63) is 71.3 Å². The molecule has 5 nitrogen and oxygen atoms in total. The number of aromatic carboxylic acids is 1. The van der Waals surface area contributed by atoms with E-state index in [1.807, 2.05) is 37.3 Å². The van der Waals surface area contributed by atoms with Crippen LogP contribution in [-0.4, -0.2) is 37.4 Å². The number of carbonyl (C=O) groups is 1. The van der Waals surface area contributed by atoms with Crippen molar-refractivity contribution in [1.29, 1.82) is 0 Å². The highest BCUT2D eigenvalue weighted by molar-refractivity contribution is 7.88. The predicted molar refractivity (Wildman–Crippen MR) is 93.5 cm³/mol. The van der Waals surface area contributed by atoms with Crippen molar-refractivity contribution < 1.29 is 18.3 Å². The second-order valence-corrected chi connectivity index (χ2v) is 7.93. The minimum Gasteiger partial charge on any atom is -0.478 e. The maximum atomic E-state index is 12.5. The molecule has 0 amide bonds. The summed E-state index contributed by atoms with van der Waals surface area (Å²) in [5.74, 6) is -1.22. The van der Waals surface area contributed by atoms with E-state index in [0.717, 1.165) is 5.56 Å². The van der Waals surface area contributed by atoms with Gasteiger partial charge in [-0.15, -0.1) is 0 Å². The Hall–Kier alpha value is -2.18. The van der Waals surface area contributed by atoms with Gasteiger partial charge >= 0.3 is 5.97 Å². The fourth-order valence-electron chi connectivity index (χ4n) is 2.50. The first-order valence-corrected chi connectivity index (χ1v) is 9.21. The van der Waals surface area contributed by atoms with Crippen LogP contribution in [0.4, 0.5) is 0 Å². The maximum absolute atomic E-state index is 12.5. The van der Waals surface area contributed by atoms with Gasteiger partial charge in [-0.3, -0.25) is 0 Å². The molecule has 6 heteroatoms. The number of carboxylic acids is 1. The van der Waals surface area contributed by atoms with Crippen LogP contribution in [-0.2, 0) is 15.8 Å². The van der Waals surface area contributed by atoms with Gasteiger partial charge in [0.1, 0.15) is 0 Å². The molecular formula is C18H21NO4S. The molecule has 2 aromatic rings. The third-order valence-electron chi connectivity index (χ3n) is 3.90. The highest BCUT2D eigenvalue weighted by Crippen LogP contribution is 2.19. The number of hydrogen-bond donors (Lipinski definition) is 1. The summed E-state index contributed by atoms with van der Waals surface area (Å²) in [7, 11) is -1.97. The van der Waals surface area contributed by atoms with Gasteiger partial charge in [-0.05, 0) is 29.2 Å². The Kier molecular flexibility index (Phi) is 5.75. The third kappa shape index (κ3) is 4.66. The second kappa shape index (κ2) is 7.59. The van der Waals surface area contributed by atoms with E-state index in [2.05, 4.69) is 0 Å². The topological polar surface area (TPSA) is 74.7 Å². The Balaban J connectivity index is 2.09. The molecule has 0 aliphatic heterocycles. The molecule has 1 atom stereocenters. The first-order chi connectivity index (χ1) is 11.3. The molecule has 1 N–H and O–H groups in total. The molecule has 24 heavy (non-hydrogen) atoms. The molecule has 1 unspecified atom stereocenters. The summed E-state index contributed by atoms with van der Waals surface area (Å²) in [6.45, 7) is 2.34. The van der Waals surface area contributed by atoms with Crippen LogP contribution in [0.5, 0.6) is 0 Å². The number of sulfonamides is 1. The summed E-state index contributed by atoms with van der Waals surface area (Å²) in [5.41, 5.74) is 1.63. The number of hydrogen-bond acceptors (Lipinski definition) is 3. The lowest BCUT2D eigenvalue weighted by atomic mass is 10.0. The first-order valence-electron chi connectivity index (χ1n) is 7.61. The van der Waals surface area contributed by atoms with E-state index >= 15 is 0 Å². The summed E-state index contributed by atoms with van der Waals surface area (Å²) >= 11 is 0. The van der Waals surface area contributed by atoms with Crippen LogP contribution in [0.15, 0.2) is 54.6 Å². The summed E-state index contributed by atoms with van der Waals surface area (Å²) in [4.78, 5) is 11.0. The van der Waals surface area contributed by atoms with E-state index < -0.39 is 16.0 Å². The van der Waals surface area contributed by atoms with Gasteiger partial charge in [0.05, 0.1) is 11.3 Å². The number of likely N-dealkylation sites (N-methyl/N-ethyl adjacent to an activating group) is 1. The van der Waals surface area contributed by atoms with E-state index in [1.165, 1.54) is 16.4 Å². The van der Waals surface area contributed by atoms with Crippen LogP contribution < -0.4 is 0 Å². The van der Waals surface area contributed by atoms with Gasteiger partial charge in [0, 0.05) is 13.6 Å². The van der Waals surface area contributed by atoms with Gasteiger partial charge in [-0.2, -0.15) is 0 Å². The Morgan fingerprint density at radius 2 is 1.79 bits per heavy atom. The van der Waals surface area contributed by atoms with Crippen molar-refractivity contribution in [3.8, 4) is 0 Å². The fraction of sp³-hybridized carbons (Fsp3) is 0.278. The lowest BCUT2D eigenvalue weighted by Gasteiger charge is -2.21. The molecule has 2 aromatic carbocycles. The summed E-state index contributed by atoms with van der Waals surface area (Å²) in [6, 6.07) is 15.7. The van der Waals surface area contributed by atoms with Crippen LogP contribution in [0.1, 0.15) is 34.3 Å². The molecule has 0 heterocycles. The fourth-order valence-corrected chi connectivity index (χ4v) is 3.77. The van der Waals surface area contributed by atoms with Gasteiger partial charge < -0.3 is 5.11 Å². The minimum absolute atomic E-state index is 0.0660. The largest absolute Gasteiger partial charge is 0.478 e. The lowest BCUT2D eigenvalue weighted by molar-refractivity contribution is 0.0696. The average molecular weight is 347 g/mol. The zero-order valence-electron chi connectivity index (χ0n) is 13.7. The lowest BCUT2D eigenvalue weighted by Crippen LogP contribution is -2.31. The SMILES string of the molecule is CC(CN(C)S(=O)(=O)Cc1cccc(C(=O)O)c1)c1ccccc1. The van der Waals surface area contributed by atoms with Gasteiger partial charge in [0.25, 0.3) is 0 Å². The van der Waals surface area contributed by atoms with E-state index in [1.54, 1.807) is 19.2 Å². The smallest absolute Gasteiger partial charge is 0.335 e. The highest BCUT2D eigenvalue weighted by atomic mass is 32.2. The van der Waals surface area contributed by atoms with Crippen molar-refractivity contribution in [2.45, 2.75) is 18.6 Å². The molecule has 0 fully saturated rings. The van der Waals surface area contributed by atoms with Crippen LogP contribution in [0.25, 0.3) is 0 Å². The highest BCUT2D eigenvalue weighted by Gasteiger charge is 2.21. The van der Waals surface area contributed by atoms with Crippen LogP contribution in [0.2, 0.25) is 0 Å². The number of rotatable bonds is 7. The van der Waals surface area contributed by atoms with Crippen molar-refractivity contribution in [1.82, 2.24) is 4.31 Å². The van der Waals surface area contributed by atoms with Crippen molar-refractivity contribution in [2.24, 2.45) is 0 Å². The molecule has 0 aliphatic carbocycles. The number of carboxylic acid groups (broad SMARTS) is 1. The normalized spacial score (nSPS) is 13.0. The molecule has 0 saturated heterocycles. The van der Waals surface area contributed by atoms with Crippen LogP contribution in [0.3, 0.4) is 0 Å². The van der Waals surface area contributed by atoms with Crippen LogP contribution >= 0.6 is 0 Å². The molecular weight excluding hydrogens is 326 g/mol. The van der Waals surface area contributed by atoms with Crippen molar-refractivity contribution in [3.63, 3.8) is 0 Å². The van der Waals surface area contributed by atoms with Gasteiger partial charge in [-0.25, -0.2) is 17.5 Å².